The molecule has 2 nitrogen and oxygen atoms in total. The molecule has 0 fully saturated rings. The van der Waals surface area contributed by atoms with Crippen LogP contribution in [0.25, 0.3) is 0 Å². The minimum atomic E-state index is 0.645. The molecule has 0 saturated heterocycles. The molecule has 0 aliphatic carbocycles. The van der Waals surface area contributed by atoms with Gasteiger partial charge in [0, 0.05) is 9.72 Å². The molecule has 0 saturated carbocycles. The second-order valence-electron chi connectivity index (χ2n) is 3.90. The molecule has 1 aromatic rings. The number of hydrogen-bond acceptors (Lipinski definition) is 3. The van der Waals surface area contributed by atoms with Gasteiger partial charge in [-0.05, 0) is 47.0 Å². The van der Waals surface area contributed by atoms with Crippen molar-refractivity contribution in [1.82, 2.24) is 0 Å². The lowest BCUT2D eigenvalue weighted by atomic mass is 10.2. The highest BCUT2D eigenvalue weighted by atomic mass is 79.9. The van der Waals surface area contributed by atoms with Crippen LogP contribution in [0.2, 0.25) is 0 Å². The summed E-state index contributed by atoms with van der Waals surface area (Å²) >= 11 is 5.40. The van der Waals surface area contributed by atoms with Gasteiger partial charge in [-0.15, -0.1) is 0 Å². The largest absolute Gasteiger partial charge is 0.334 e. The first-order valence-corrected chi connectivity index (χ1v) is 7.10. The Kier molecular flexibility index (Phi) is 3.92. The van der Waals surface area contributed by atoms with E-state index in [1.807, 2.05) is 11.8 Å². The van der Waals surface area contributed by atoms with Gasteiger partial charge in [0.1, 0.15) is 0 Å². The minimum Gasteiger partial charge on any atom is -0.334 e. The van der Waals surface area contributed by atoms with Crippen LogP contribution in [0.5, 0.6) is 0 Å². The third-order valence-electron chi connectivity index (χ3n) is 2.54. The summed E-state index contributed by atoms with van der Waals surface area (Å²) in [6, 6.07) is 6.30. The molecule has 4 heteroatoms. The summed E-state index contributed by atoms with van der Waals surface area (Å²) in [5, 5.41) is 5.05. The SMILES string of the molecule is CCC1CN=C(Nc2ccc(C)cc2Br)S1. The molecule has 0 amide bonds. The highest BCUT2D eigenvalue weighted by molar-refractivity contribution is 9.10. The van der Waals surface area contributed by atoms with E-state index in [4.69, 9.17) is 0 Å². The molecule has 1 N–H and O–H groups in total. The molecule has 16 heavy (non-hydrogen) atoms. The average molecular weight is 299 g/mol. The minimum absolute atomic E-state index is 0.645. The van der Waals surface area contributed by atoms with Crippen molar-refractivity contribution >= 4 is 38.5 Å². The van der Waals surface area contributed by atoms with E-state index < -0.39 is 0 Å². The van der Waals surface area contributed by atoms with Crippen LogP contribution in [-0.4, -0.2) is 17.0 Å². The molecule has 1 atom stereocenters. The zero-order valence-corrected chi connectivity index (χ0v) is 11.9. The van der Waals surface area contributed by atoms with Gasteiger partial charge in [0.2, 0.25) is 0 Å². The van der Waals surface area contributed by atoms with E-state index in [-0.39, 0.29) is 0 Å². The molecular formula is C12H15BrN2S. The molecule has 0 spiro atoms. The number of thioether (sulfide) groups is 1. The van der Waals surface area contributed by atoms with Gasteiger partial charge >= 0.3 is 0 Å². The van der Waals surface area contributed by atoms with Crippen LogP contribution >= 0.6 is 27.7 Å². The number of nitrogens with zero attached hydrogens (tertiary/aromatic N) is 1. The normalized spacial score (nSPS) is 19.7. The summed E-state index contributed by atoms with van der Waals surface area (Å²) in [6.45, 7) is 5.23. The summed E-state index contributed by atoms with van der Waals surface area (Å²) in [7, 11) is 0. The van der Waals surface area contributed by atoms with Crippen molar-refractivity contribution in [3.63, 3.8) is 0 Å². The number of benzene rings is 1. The fourth-order valence-electron chi connectivity index (χ4n) is 1.54. The van der Waals surface area contributed by atoms with Gasteiger partial charge in [0.15, 0.2) is 5.17 Å². The van der Waals surface area contributed by atoms with Crippen molar-refractivity contribution < 1.29 is 0 Å². The van der Waals surface area contributed by atoms with Gasteiger partial charge in [-0.25, -0.2) is 0 Å². The Morgan fingerprint density at radius 2 is 2.38 bits per heavy atom. The Hall–Kier alpha value is -0.480. The number of amidine groups is 1. The Morgan fingerprint density at radius 3 is 3.00 bits per heavy atom. The number of hydrogen-bond donors (Lipinski definition) is 1. The van der Waals surface area contributed by atoms with Crippen LogP contribution in [-0.2, 0) is 0 Å². The maximum atomic E-state index is 4.49. The fourth-order valence-corrected chi connectivity index (χ4v) is 3.08. The Bertz CT molecular complexity index is 417. The summed E-state index contributed by atoms with van der Waals surface area (Å²) in [4.78, 5) is 4.49. The van der Waals surface area contributed by atoms with Gasteiger partial charge in [-0.2, -0.15) is 0 Å². The Morgan fingerprint density at radius 1 is 1.56 bits per heavy atom. The zero-order valence-electron chi connectivity index (χ0n) is 9.46. The van der Waals surface area contributed by atoms with E-state index in [1.165, 1.54) is 12.0 Å². The first-order valence-electron chi connectivity index (χ1n) is 5.43. The standard InChI is InChI=1S/C12H15BrN2S/c1-3-9-7-14-12(16-9)15-11-5-4-8(2)6-10(11)13/h4-6,9H,3,7H2,1-2H3,(H,14,15). The Balaban J connectivity index is 2.05. The summed E-state index contributed by atoms with van der Waals surface area (Å²) in [5.41, 5.74) is 2.35. The smallest absolute Gasteiger partial charge is 0.161 e. The van der Waals surface area contributed by atoms with Crippen LogP contribution in [0.1, 0.15) is 18.9 Å². The molecule has 0 aromatic heterocycles. The molecule has 1 aliphatic rings. The molecule has 1 aromatic carbocycles. The van der Waals surface area contributed by atoms with E-state index in [1.54, 1.807) is 0 Å². The first kappa shape index (κ1) is 12.0. The second-order valence-corrected chi connectivity index (χ2v) is 6.05. The highest BCUT2D eigenvalue weighted by Gasteiger charge is 2.18. The summed E-state index contributed by atoms with van der Waals surface area (Å²) in [6.07, 6.45) is 1.18. The predicted molar refractivity (Wildman–Crippen MR) is 76.5 cm³/mol. The second kappa shape index (κ2) is 5.23. The van der Waals surface area contributed by atoms with Crippen molar-refractivity contribution in [2.24, 2.45) is 4.99 Å². The topological polar surface area (TPSA) is 24.4 Å². The van der Waals surface area contributed by atoms with Gasteiger partial charge in [0.25, 0.3) is 0 Å². The molecule has 1 aliphatic heterocycles. The third-order valence-corrected chi connectivity index (χ3v) is 4.46. The van der Waals surface area contributed by atoms with Crippen LogP contribution in [0.3, 0.4) is 0 Å². The number of halogens is 1. The molecular weight excluding hydrogens is 284 g/mol. The lowest BCUT2D eigenvalue weighted by Crippen LogP contribution is -2.07. The number of rotatable bonds is 2. The molecule has 2 rings (SSSR count). The molecule has 1 unspecified atom stereocenters. The molecule has 0 radical (unpaired) electrons. The Labute approximate surface area is 109 Å². The van der Waals surface area contributed by atoms with Gasteiger partial charge in [-0.1, -0.05) is 24.8 Å². The number of aryl methyl sites for hydroxylation is 1. The van der Waals surface area contributed by atoms with E-state index in [9.17, 15) is 0 Å². The van der Waals surface area contributed by atoms with Crippen LogP contribution in [0.4, 0.5) is 5.69 Å². The first-order chi connectivity index (χ1) is 7.69. The summed E-state index contributed by atoms with van der Waals surface area (Å²) < 4.78 is 1.09. The van der Waals surface area contributed by atoms with Crippen molar-refractivity contribution in [2.75, 3.05) is 11.9 Å². The van der Waals surface area contributed by atoms with Crippen LogP contribution < -0.4 is 5.32 Å². The summed E-state index contributed by atoms with van der Waals surface area (Å²) in [5.74, 6) is 0. The van der Waals surface area contributed by atoms with Gasteiger partial charge in [0.05, 0.1) is 12.2 Å². The third kappa shape index (κ3) is 2.80. The fraction of sp³-hybridized carbons (Fsp3) is 0.417. The van der Waals surface area contributed by atoms with Crippen molar-refractivity contribution in [3.8, 4) is 0 Å². The molecule has 1 heterocycles. The quantitative estimate of drug-likeness (QED) is 0.891. The van der Waals surface area contributed by atoms with Crippen molar-refractivity contribution in [1.29, 1.82) is 0 Å². The van der Waals surface area contributed by atoms with E-state index in [0.29, 0.717) is 5.25 Å². The maximum Gasteiger partial charge on any atom is 0.161 e. The average Bonchev–Trinajstić information content (AvgIpc) is 2.70. The number of nitrogens with one attached hydrogen (secondary N) is 1. The van der Waals surface area contributed by atoms with Crippen molar-refractivity contribution in [3.05, 3.63) is 28.2 Å². The number of aliphatic imine (C=N–C) groups is 1. The van der Waals surface area contributed by atoms with Gasteiger partial charge < -0.3 is 5.32 Å². The zero-order chi connectivity index (χ0) is 11.5. The van der Waals surface area contributed by atoms with E-state index >= 15 is 0 Å². The lowest BCUT2D eigenvalue weighted by molar-refractivity contribution is 0.843. The molecule has 0 bridgehead atoms. The predicted octanol–water partition coefficient (Wildman–Crippen LogP) is 4.05. The highest BCUT2D eigenvalue weighted by Crippen LogP contribution is 2.28. The molecule has 86 valence electrons. The van der Waals surface area contributed by atoms with E-state index in [0.717, 1.165) is 21.9 Å². The van der Waals surface area contributed by atoms with Crippen molar-refractivity contribution in [2.45, 2.75) is 25.5 Å². The van der Waals surface area contributed by atoms with E-state index in [2.05, 4.69) is 58.3 Å². The lowest BCUT2D eigenvalue weighted by Gasteiger charge is -2.09. The van der Waals surface area contributed by atoms with Crippen LogP contribution in [0, 0.1) is 6.92 Å². The maximum absolute atomic E-state index is 4.49. The number of anilines is 1. The van der Waals surface area contributed by atoms with Crippen LogP contribution in [0.15, 0.2) is 27.7 Å². The van der Waals surface area contributed by atoms with Gasteiger partial charge in [-0.3, -0.25) is 4.99 Å². The monoisotopic (exact) mass is 298 g/mol.